The van der Waals surface area contributed by atoms with Crippen LogP contribution in [0, 0.1) is 0 Å². The van der Waals surface area contributed by atoms with Crippen LogP contribution in [0.1, 0.15) is 6.92 Å². The molecule has 0 aliphatic rings. The second-order valence-corrected chi connectivity index (χ2v) is 8.19. The van der Waals surface area contributed by atoms with Crippen LogP contribution in [0.25, 0.3) is 0 Å². The van der Waals surface area contributed by atoms with Crippen LogP contribution in [0.15, 0.2) is 42.5 Å². The van der Waals surface area contributed by atoms with Crippen LogP contribution in [0.4, 0.5) is 24.5 Å². The van der Waals surface area contributed by atoms with Gasteiger partial charge in [0.05, 0.1) is 26.2 Å². The highest BCUT2D eigenvalue weighted by atomic mass is 32.2. The molecule has 0 spiro atoms. The first-order chi connectivity index (χ1) is 14.4. The van der Waals surface area contributed by atoms with Gasteiger partial charge in [0.2, 0.25) is 15.9 Å². The highest BCUT2D eigenvalue weighted by Gasteiger charge is 2.32. The first kappa shape index (κ1) is 24.1. The Bertz CT molecular complexity index is 1030. The third kappa shape index (κ3) is 6.41. The SMILES string of the molecule is COc1ccc(N([C@@H](C)C(=O)Nc2ccc(OC(F)(F)F)cc2)S(C)(=O)=O)cc1OC. The van der Waals surface area contributed by atoms with E-state index in [9.17, 15) is 26.4 Å². The minimum atomic E-state index is -4.84. The van der Waals surface area contributed by atoms with Gasteiger partial charge in [0, 0.05) is 11.8 Å². The molecule has 12 heteroatoms. The molecule has 31 heavy (non-hydrogen) atoms. The predicted molar refractivity (Wildman–Crippen MR) is 108 cm³/mol. The molecule has 0 radical (unpaired) electrons. The number of hydrogen-bond acceptors (Lipinski definition) is 6. The zero-order valence-electron chi connectivity index (χ0n) is 17.1. The van der Waals surface area contributed by atoms with Gasteiger partial charge >= 0.3 is 6.36 Å². The summed E-state index contributed by atoms with van der Waals surface area (Å²) in [6, 6.07) is 7.62. The molecular weight excluding hydrogens is 441 g/mol. The Balaban J connectivity index is 2.26. The van der Waals surface area contributed by atoms with Crippen molar-refractivity contribution in [3.63, 3.8) is 0 Å². The summed E-state index contributed by atoms with van der Waals surface area (Å²) in [6.07, 6.45) is -3.90. The summed E-state index contributed by atoms with van der Waals surface area (Å²) in [7, 11) is -1.09. The summed E-state index contributed by atoms with van der Waals surface area (Å²) in [5, 5.41) is 2.47. The molecule has 0 fully saturated rings. The maximum absolute atomic E-state index is 12.7. The van der Waals surface area contributed by atoms with E-state index in [1.54, 1.807) is 0 Å². The van der Waals surface area contributed by atoms with E-state index in [1.807, 2.05) is 0 Å². The van der Waals surface area contributed by atoms with E-state index in [0.717, 1.165) is 22.7 Å². The fourth-order valence-corrected chi connectivity index (χ4v) is 3.92. The van der Waals surface area contributed by atoms with Gasteiger partial charge in [-0.15, -0.1) is 13.2 Å². The highest BCUT2D eigenvalue weighted by Crippen LogP contribution is 2.33. The molecular formula is C19H21F3N2O6S. The number of carbonyl (C=O) groups excluding carboxylic acids is 1. The standard InChI is InChI=1S/C19H21F3N2O6S/c1-12(18(25)23-13-5-8-15(9-6-13)30-19(20,21)22)24(31(4,26)27)14-7-10-16(28-2)17(11-14)29-3/h5-12H,1-4H3,(H,23,25)/t12-/m0/s1. The van der Waals surface area contributed by atoms with E-state index in [-0.39, 0.29) is 17.1 Å². The van der Waals surface area contributed by atoms with E-state index in [2.05, 4.69) is 10.1 Å². The van der Waals surface area contributed by atoms with E-state index in [0.29, 0.717) is 5.75 Å². The summed E-state index contributed by atoms with van der Waals surface area (Å²) < 4.78 is 76.6. The molecule has 0 saturated carbocycles. The summed E-state index contributed by atoms with van der Waals surface area (Å²) in [5.41, 5.74) is 0.323. The third-order valence-electron chi connectivity index (χ3n) is 4.07. The van der Waals surface area contributed by atoms with Gasteiger partial charge in [-0.3, -0.25) is 9.10 Å². The molecule has 0 aromatic heterocycles. The number of ether oxygens (including phenoxy) is 3. The fraction of sp³-hybridized carbons (Fsp3) is 0.316. The quantitative estimate of drug-likeness (QED) is 0.646. The Hall–Kier alpha value is -3.15. The van der Waals surface area contributed by atoms with Crippen LogP contribution < -0.4 is 23.8 Å². The Morgan fingerprint density at radius 1 is 1.03 bits per heavy atom. The number of nitrogens with zero attached hydrogens (tertiary/aromatic N) is 1. The molecule has 0 aliphatic carbocycles. The number of anilines is 2. The molecule has 0 saturated heterocycles. The number of methoxy groups -OCH3 is 2. The number of nitrogens with one attached hydrogen (secondary N) is 1. The van der Waals surface area contributed by atoms with Gasteiger partial charge < -0.3 is 19.5 Å². The van der Waals surface area contributed by atoms with Crippen molar-refractivity contribution in [3.8, 4) is 17.2 Å². The largest absolute Gasteiger partial charge is 0.573 e. The fourth-order valence-electron chi connectivity index (χ4n) is 2.76. The van der Waals surface area contributed by atoms with Gasteiger partial charge in [0.25, 0.3) is 0 Å². The van der Waals surface area contributed by atoms with Crippen molar-refractivity contribution in [1.29, 1.82) is 0 Å². The van der Waals surface area contributed by atoms with Crippen molar-refractivity contribution in [2.24, 2.45) is 0 Å². The monoisotopic (exact) mass is 462 g/mol. The average molecular weight is 462 g/mol. The van der Waals surface area contributed by atoms with Crippen LogP contribution in [-0.2, 0) is 14.8 Å². The summed E-state index contributed by atoms with van der Waals surface area (Å²) in [4.78, 5) is 12.7. The minimum Gasteiger partial charge on any atom is -0.493 e. The molecule has 1 N–H and O–H groups in total. The second-order valence-electron chi connectivity index (χ2n) is 6.34. The topological polar surface area (TPSA) is 94.2 Å². The number of carbonyl (C=O) groups is 1. The Morgan fingerprint density at radius 3 is 2.10 bits per heavy atom. The van der Waals surface area contributed by atoms with Gasteiger partial charge in [-0.25, -0.2) is 8.42 Å². The number of halogens is 3. The lowest BCUT2D eigenvalue weighted by atomic mass is 10.2. The molecule has 0 unspecified atom stereocenters. The molecule has 1 amide bonds. The van der Waals surface area contributed by atoms with Crippen LogP contribution in [0.5, 0.6) is 17.2 Å². The van der Waals surface area contributed by atoms with Gasteiger partial charge in [0.15, 0.2) is 11.5 Å². The van der Waals surface area contributed by atoms with Crippen molar-refractivity contribution in [2.45, 2.75) is 19.3 Å². The maximum atomic E-state index is 12.7. The molecule has 0 aliphatic heterocycles. The Morgan fingerprint density at radius 2 is 1.61 bits per heavy atom. The molecule has 2 rings (SSSR count). The first-order valence-corrected chi connectivity index (χ1v) is 10.6. The lowest BCUT2D eigenvalue weighted by Crippen LogP contribution is -2.45. The predicted octanol–water partition coefficient (Wildman–Crippen LogP) is 3.40. The van der Waals surface area contributed by atoms with Gasteiger partial charge in [-0.05, 0) is 43.3 Å². The molecule has 170 valence electrons. The molecule has 8 nitrogen and oxygen atoms in total. The number of alkyl halides is 3. The lowest BCUT2D eigenvalue weighted by Gasteiger charge is -2.28. The number of sulfonamides is 1. The first-order valence-electron chi connectivity index (χ1n) is 8.74. The Labute approximate surface area is 177 Å². The second kappa shape index (κ2) is 9.33. The zero-order chi connectivity index (χ0) is 23.4. The van der Waals surface area contributed by atoms with E-state index < -0.39 is 34.1 Å². The van der Waals surface area contributed by atoms with Crippen LogP contribution >= 0.6 is 0 Å². The highest BCUT2D eigenvalue weighted by molar-refractivity contribution is 7.92. The van der Waals surface area contributed by atoms with Crippen LogP contribution in [0.2, 0.25) is 0 Å². The van der Waals surface area contributed by atoms with E-state index in [4.69, 9.17) is 9.47 Å². The van der Waals surface area contributed by atoms with Crippen molar-refractivity contribution >= 4 is 27.3 Å². The van der Waals surface area contributed by atoms with Crippen molar-refractivity contribution in [1.82, 2.24) is 0 Å². The van der Waals surface area contributed by atoms with Crippen LogP contribution in [-0.4, -0.2) is 47.2 Å². The van der Waals surface area contributed by atoms with Gasteiger partial charge in [-0.2, -0.15) is 0 Å². The van der Waals surface area contributed by atoms with Crippen molar-refractivity contribution < 1.29 is 40.6 Å². The summed E-state index contributed by atoms with van der Waals surface area (Å²) in [6.45, 7) is 1.37. The zero-order valence-corrected chi connectivity index (χ0v) is 17.9. The number of amides is 1. The molecule has 0 bridgehead atoms. The normalized spacial score (nSPS) is 12.6. The number of benzene rings is 2. The van der Waals surface area contributed by atoms with Crippen LogP contribution in [0.3, 0.4) is 0 Å². The van der Waals surface area contributed by atoms with E-state index >= 15 is 0 Å². The van der Waals surface area contributed by atoms with Crippen molar-refractivity contribution in [3.05, 3.63) is 42.5 Å². The lowest BCUT2D eigenvalue weighted by molar-refractivity contribution is -0.274. The minimum absolute atomic E-state index is 0.159. The summed E-state index contributed by atoms with van der Waals surface area (Å²) >= 11 is 0. The smallest absolute Gasteiger partial charge is 0.493 e. The number of hydrogen-bond donors (Lipinski definition) is 1. The molecule has 0 heterocycles. The number of rotatable bonds is 8. The third-order valence-corrected chi connectivity index (χ3v) is 5.31. The molecule has 2 aromatic carbocycles. The van der Waals surface area contributed by atoms with Crippen molar-refractivity contribution in [2.75, 3.05) is 30.1 Å². The average Bonchev–Trinajstić information content (AvgIpc) is 2.67. The molecule has 2 aromatic rings. The Kier molecular flexibility index (Phi) is 7.26. The maximum Gasteiger partial charge on any atom is 0.573 e. The summed E-state index contributed by atoms with van der Waals surface area (Å²) in [5.74, 6) is -0.522. The van der Waals surface area contributed by atoms with E-state index in [1.165, 1.54) is 51.5 Å². The van der Waals surface area contributed by atoms with Gasteiger partial charge in [0.1, 0.15) is 11.8 Å². The van der Waals surface area contributed by atoms with Gasteiger partial charge in [-0.1, -0.05) is 0 Å². The molecule has 1 atom stereocenters.